The average molecular weight is 363 g/mol. The van der Waals surface area contributed by atoms with E-state index in [-0.39, 0.29) is 12.3 Å². The number of rotatable bonds is 5. The number of hydrogen-bond acceptors (Lipinski definition) is 4. The van der Waals surface area contributed by atoms with Crippen LogP contribution in [0.1, 0.15) is 11.1 Å². The second-order valence-corrected chi connectivity index (χ2v) is 5.60. The fourth-order valence-corrected chi connectivity index (χ4v) is 2.16. The Morgan fingerprint density at radius 2 is 1.85 bits per heavy atom. The summed E-state index contributed by atoms with van der Waals surface area (Å²) in [6, 6.07) is 11.2. The van der Waals surface area contributed by atoms with Gasteiger partial charge in [-0.15, -0.1) is 0 Å². The van der Waals surface area contributed by atoms with E-state index in [2.05, 4.69) is 5.32 Å². The van der Waals surface area contributed by atoms with E-state index in [9.17, 15) is 18.0 Å². The summed E-state index contributed by atoms with van der Waals surface area (Å²) in [4.78, 5) is 13.7. The van der Waals surface area contributed by atoms with Gasteiger partial charge in [-0.1, -0.05) is 0 Å². The van der Waals surface area contributed by atoms with Crippen LogP contribution in [0.5, 0.6) is 5.75 Å². The second kappa shape index (κ2) is 7.78. The number of carbonyl (C=O) groups excluding carboxylic acids is 1. The maximum atomic E-state index is 12.9. The highest BCUT2D eigenvalue weighted by Gasteiger charge is 2.31. The summed E-state index contributed by atoms with van der Waals surface area (Å²) >= 11 is 0. The summed E-state index contributed by atoms with van der Waals surface area (Å²) in [5.41, 5.74) is 0.0655. The number of amides is 1. The molecule has 2 rings (SSSR count). The van der Waals surface area contributed by atoms with Crippen LogP contribution < -0.4 is 15.0 Å². The predicted octanol–water partition coefficient (Wildman–Crippen LogP) is 3.66. The minimum absolute atomic E-state index is 0.0400. The predicted molar refractivity (Wildman–Crippen MR) is 91.1 cm³/mol. The average Bonchev–Trinajstić information content (AvgIpc) is 2.59. The lowest BCUT2D eigenvalue weighted by Gasteiger charge is -2.20. The topological polar surface area (TPSA) is 65.4 Å². The van der Waals surface area contributed by atoms with Crippen LogP contribution in [0, 0.1) is 11.3 Å². The molecule has 0 radical (unpaired) electrons. The van der Waals surface area contributed by atoms with E-state index >= 15 is 0 Å². The van der Waals surface area contributed by atoms with Gasteiger partial charge in [0.05, 0.1) is 28.6 Å². The molecule has 1 amide bonds. The van der Waals surface area contributed by atoms with Crippen molar-refractivity contribution in [1.82, 2.24) is 0 Å². The molecule has 0 saturated heterocycles. The number of ether oxygens (including phenoxy) is 1. The standard InChI is InChI=1S/C18H16F3N3O2/c1-24(2)16-8-5-13(18(19,20)21)9-15(16)23-17(25)11-26-14-6-3-12(10-22)4-7-14/h3-9H,11H2,1-2H3,(H,23,25). The Labute approximate surface area is 148 Å². The number of nitrogens with zero attached hydrogens (tertiary/aromatic N) is 2. The number of carbonyl (C=O) groups is 1. The number of benzene rings is 2. The highest BCUT2D eigenvalue weighted by molar-refractivity contribution is 5.95. The number of nitrogens with one attached hydrogen (secondary N) is 1. The molecule has 0 bridgehead atoms. The van der Waals surface area contributed by atoms with Gasteiger partial charge in [-0.3, -0.25) is 4.79 Å². The van der Waals surface area contributed by atoms with Crippen molar-refractivity contribution in [3.05, 3.63) is 53.6 Å². The van der Waals surface area contributed by atoms with E-state index in [1.807, 2.05) is 6.07 Å². The van der Waals surface area contributed by atoms with Crippen LogP contribution in [0.2, 0.25) is 0 Å². The highest BCUT2D eigenvalue weighted by atomic mass is 19.4. The summed E-state index contributed by atoms with van der Waals surface area (Å²) in [6.45, 7) is -0.380. The van der Waals surface area contributed by atoms with E-state index in [4.69, 9.17) is 10.00 Å². The zero-order valence-electron chi connectivity index (χ0n) is 14.1. The van der Waals surface area contributed by atoms with Crippen LogP contribution in [0.3, 0.4) is 0 Å². The van der Waals surface area contributed by atoms with Gasteiger partial charge in [-0.25, -0.2) is 0 Å². The molecular weight excluding hydrogens is 347 g/mol. The minimum atomic E-state index is -4.51. The zero-order valence-corrected chi connectivity index (χ0v) is 14.1. The van der Waals surface area contributed by atoms with Crippen molar-refractivity contribution in [2.75, 3.05) is 30.9 Å². The molecule has 5 nitrogen and oxygen atoms in total. The molecule has 136 valence electrons. The van der Waals surface area contributed by atoms with Crippen molar-refractivity contribution in [2.45, 2.75) is 6.18 Å². The van der Waals surface area contributed by atoms with Gasteiger partial charge in [0.15, 0.2) is 6.61 Å². The van der Waals surface area contributed by atoms with Crippen LogP contribution >= 0.6 is 0 Å². The molecule has 8 heteroatoms. The Balaban J connectivity index is 2.10. The number of alkyl halides is 3. The van der Waals surface area contributed by atoms with E-state index in [1.54, 1.807) is 19.0 Å². The minimum Gasteiger partial charge on any atom is -0.484 e. The third kappa shape index (κ3) is 4.89. The SMILES string of the molecule is CN(C)c1ccc(C(F)(F)F)cc1NC(=O)COc1ccc(C#N)cc1. The van der Waals surface area contributed by atoms with Crippen molar-refractivity contribution in [2.24, 2.45) is 0 Å². The molecule has 0 aliphatic heterocycles. The van der Waals surface area contributed by atoms with Gasteiger partial charge >= 0.3 is 6.18 Å². The van der Waals surface area contributed by atoms with E-state index in [0.29, 0.717) is 17.0 Å². The monoisotopic (exact) mass is 363 g/mol. The first-order valence-corrected chi connectivity index (χ1v) is 7.52. The highest BCUT2D eigenvalue weighted by Crippen LogP contribution is 2.34. The number of halogens is 3. The Morgan fingerprint density at radius 1 is 1.19 bits per heavy atom. The fourth-order valence-electron chi connectivity index (χ4n) is 2.16. The Kier molecular flexibility index (Phi) is 5.72. The fraction of sp³-hybridized carbons (Fsp3) is 0.222. The van der Waals surface area contributed by atoms with Gasteiger partial charge < -0.3 is 15.0 Å². The summed E-state index contributed by atoms with van der Waals surface area (Å²) < 4.78 is 44.0. The van der Waals surface area contributed by atoms with Gasteiger partial charge in [0.2, 0.25) is 0 Å². The number of hydrogen-bond donors (Lipinski definition) is 1. The Morgan fingerprint density at radius 3 is 2.38 bits per heavy atom. The normalized spacial score (nSPS) is 10.8. The van der Waals surface area contributed by atoms with Crippen LogP contribution in [-0.2, 0) is 11.0 Å². The molecule has 0 spiro atoms. The Bertz CT molecular complexity index is 825. The second-order valence-electron chi connectivity index (χ2n) is 5.60. The van der Waals surface area contributed by atoms with Crippen molar-refractivity contribution in [1.29, 1.82) is 5.26 Å². The molecule has 0 aliphatic rings. The molecule has 2 aromatic rings. The lowest BCUT2D eigenvalue weighted by Crippen LogP contribution is -2.22. The summed E-state index contributed by atoms with van der Waals surface area (Å²) in [5.74, 6) is -0.229. The van der Waals surface area contributed by atoms with Gasteiger partial charge in [0.25, 0.3) is 5.91 Å². The van der Waals surface area contributed by atoms with Crippen molar-refractivity contribution < 1.29 is 22.7 Å². The quantitative estimate of drug-likeness (QED) is 0.881. The lowest BCUT2D eigenvalue weighted by molar-refractivity contribution is -0.137. The van der Waals surface area contributed by atoms with Crippen molar-refractivity contribution >= 4 is 17.3 Å². The van der Waals surface area contributed by atoms with Gasteiger partial charge in [-0.05, 0) is 42.5 Å². The third-order valence-corrected chi connectivity index (χ3v) is 3.43. The first kappa shape index (κ1) is 19.1. The summed E-state index contributed by atoms with van der Waals surface area (Å²) in [6.07, 6.45) is -4.51. The van der Waals surface area contributed by atoms with E-state index in [0.717, 1.165) is 12.1 Å². The number of nitriles is 1. The van der Waals surface area contributed by atoms with Crippen LogP contribution in [0.25, 0.3) is 0 Å². The van der Waals surface area contributed by atoms with E-state index < -0.39 is 17.6 Å². The lowest BCUT2D eigenvalue weighted by atomic mass is 10.1. The molecule has 0 saturated carbocycles. The molecule has 2 aromatic carbocycles. The third-order valence-electron chi connectivity index (χ3n) is 3.43. The van der Waals surface area contributed by atoms with Crippen molar-refractivity contribution in [3.63, 3.8) is 0 Å². The molecule has 0 aliphatic carbocycles. The van der Waals surface area contributed by atoms with Gasteiger partial charge in [0, 0.05) is 14.1 Å². The molecule has 0 fully saturated rings. The van der Waals surface area contributed by atoms with Crippen LogP contribution in [0.4, 0.5) is 24.5 Å². The van der Waals surface area contributed by atoms with Crippen LogP contribution in [0.15, 0.2) is 42.5 Å². The van der Waals surface area contributed by atoms with Gasteiger partial charge in [-0.2, -0.15) is 18.4 Å². The summed E-state index contributed by atoms with van der Waals surface area (Å²) in [5, 5.41) is 11.2. The maximum Gasteiger partial charge on any atom is 0.416 e. The Hall–Kier alpha value is -3.21. The molecule has 0 aromatic heterocycles. The smallest absolute Gasteiger partial charge is 0.416 e. The maximum absolute atomic E-state index is 12.9. The number of anilines is 2. The summed E-state index contributed by atoms with van der Waals surface area (Å²) in [7, 11) is 3.32. The largest absolute Gasteiger partial charge is 0.484 e. The zero-order chi connectivity index (χ0) is 19.3. The first-order chi connectivity index (χ1) is 12.2. The van der Waals surface area contributed by atoms with Crippen LogP contribution in [-0.4, -0.2) is 26.6 Å². The molecule has 26 heavy (non-hydrogen) atoms. The van der Waals surface area contributed by atoms with Crippen molar-refractivity contribution in [3.8, 4) is 11.8 Å². The van der Waals surface area contributed by atoms with Gasteiger partial charge in [0.1, 0.15) is 5.75 Å². The van der Waals surface area contributed by atoms with E-state index in [1.165, 1.54) is 30.3 Å². The molecule has 0 unspecified atom stereocenters. The first-order valence-electron chi connectivity index (χ1n) is 7.52. The molecular formula is C18H16F3N3O2. The molecule has 0 heterocycles. The molecule has 0 atom stereocenters. The molecule has 1 N–H and O–H groups in total.